The Labute approximate surface area is 104 Å². The van der Waals surface area contributed by atoms with E-state index in [4.69, 9.17) is 16.3 Å². The zero-order valence-corrected chi connectivity index (χ0v) is 9.82. The van der Waals surface area contributed by atoms with Crippen LogP contribution in [0.1, 0.15) is 11.7 Å². The average molecular weight is 247 g/mol. The summed E-state index contributed by atoms with van der Waals surface area (Å²) >= 11 is 5.98. The van der Waals surface area contributed by atoms with Gasteiger partial charge in [0.1, 0.15) is 6.10 Å². The quantitative estimate of drug-likeness (QED) is 0.839. The zero-order chi connectivity index (χ0) is 11.7. The van der Waals surface area contributed by atoms with E-state index in [-0.39, 0.29) is 6.10 Å². The molecule has 1 atom stereocenters. The molecule has 2 heterocycles. The number of hydrogen-bond donors (Lipinski definition) is 1. The van der Waals surface area contributed by atoms with E-state index in [1.54, 1.807) is 6.20 Å². The van der Waals surface area contributed by atoms with Crippen LogP contribution in [0.5, 0.6) is 5.75 Å². The van der Waals surface area contributed by atoms with Gasteiger partial charge in [0, 0.05) is 11.2 Å². The van der Waals surface area contributed by atoms with Crippen molar-refractivity contribution >= 4 is 17.4 Å². The summed E-state index contributed by atoms with van der Waals surface area (Å²) in [6.07, 6.45) is 1.72. The van der Waals surface area contributed by atoms with Gasteiger partial charge in [-0.25, -0.2) is 4.98 Å². The topological polar surface area (TPSA) is 34.2 Å². The molecule has 1 aromatic heterocycles. The largest absolute Gasteiger partial charge is 0.480 e. The van der Waals surface area contributed by atoms with Crippen molar-refractivity contribution in [1.29, 1.82) is 0 Å². The standard InChI is InChI=1S/C13H11ClN2O/c14-10-4-1-3-9(7-10)12-8-16-13-11(17-12)5-2-6-15-13/h1-7,12H,8H2,(H,15,16). The van der Waals surface area contributed by atoms with Crippen molar-refractivity contribution in [1.82, 2.24) is 4.98 Å². The molecule has 0 spiro atoms. The van der Waals surface area contributed by atoms with E-state index in [1.807, 2.05) is 36.4 Å². The van der Waals surface area contributed by atoms with Crippen LogP contribution in [0.15, 0.2) is 42.6 Å². The van der Waals surface area contributed by atoms with Crippen LogP contribution in [-0.2, 0) is 0 Å². The summed E-state index contributed by atoms with van der Waals surface area (Å²) in [5, 5.41) is 3.98. The molecule has 0 fully saturated rings. The molecule has 2 aromatic rings. The number of nitrogens with one attached hydrogen (secondary N) is 1. The minimum Gasteiger partial charge on any atom is -0.480 e. The second kappa shape index (κ2) is 4.26. The molecule has 0 saturated heterocycles. The van der Waals surface area contributed by atoms with Gasteiger partial charge in [0.05, 0.1) is 6.54 Å². The first-order valence-electron chi connectivity index (χ1n) is 5.44. The van der Waals surface area contributed by atoms with Crippen LogP contribution in [0.2, 0.25) is 5.02 Å². The SMILES string of the molecule is Clc1cccc(C2CNc3ncccc3O2)c1. The summed E-state index contributed by atoms with van der Waals surface area (Å²) in [5.41, 5.74) is 1.07. The van der Waals surface area contributed by atoms with Gasteiger partial charge in [0.15, 0.2) is 11.6 Å². The van der Waals surface area contributed by atoms with Gasteiger partial charge >= 0.3 is 0 Å². The number of anilines is 1. The van der Waals surface area contributed by atoms with E-state index in [0.717, 1.165) is 22.2 Å². The first-order chi connectivity index (χ1) is 8.33. The molecule has 0 bridgehead atoms. The van der Waals surface area contributed by atoms with Crippen LogP contribution in [0, 0.1) is 0 Å². The fraction of sp³-hybridized carbons (Fsp3) is 0.154. The summed E-state index contributed by atoms with van der Waals surface area (Å²) in [7, 11) is 0. The number of hydrogen-bond acceptors (Lipinski definition) is 3. The molecule has 0 radical (unpaired) electrons. The van der Waals surface area contributed by atoms with E-state index in [1.165, 1.54) is 0 Å². The molecule has 1 aliphatic heterocycles. The Morgan fingerprint density at radius 2 is 2.24 bits per heavy atom. The molecule has 0 aliphatic carbocycles. The summed E-state index contributed by atoms with van der Waals surface area (Å²) in [5.74, 6) is 1.58. The van der Waals surface area contributed by atoms with Crippen molar-refractivity contribution in [3.8, 4) is 5.75 Å². The summed E-state index contributed by atoms with van der Waals surface area (Å²) < 4.78 is 5.89. The molecular weight excluding hydrogens is 236 g/mol. The highest BCUT2D eigenvalue weighted by Crippen LogP contribution is 2.32. The smallest absolute Gasteiger partial charge is 0.168 e. The lowest BCUT2D eigenvalue weighted by molar-refractivity contribution is 0.209. The van der Waals surface area contributed by atoms with E-state index in [2.05, 4.69) is 10.3 Å². The molecule has 1 aromatic carbocycles. The lowest BCUT2D eigenvalue weighted by atomic mass is 10.1. The van der Waals surface area contributed by atoms with Crippen LogP contribution in [-0.4, -0.2) is 11.5 Å². The Kier molecular flexibility index (Phi) is 2.61. The van der Waals surface area contributed by atoms with Gasteiger partial charge in [-0.05, 0) is 29.8 Å². The lowest BCUT2D eigenvalue weighted by Crippen LogP contribution is -2.24. The van der Waals surface area contributed by atoms with Crippen molar-refractivity contribution in [3.05, 3.63) is 53.2 Å². The van der Waals surface area contributed by atoms with Gasteiger partial charge in [0.25, 0.3) is 0 Å². The maximum absolute atomic E-state index is 5.98. The van der Waals surface area contributed by atoms with Crippen LogP contribution >= 0.6 is 11.6 Å². The number of halogens is 1. The molecule has 17 heavy (non-hydrogen) atoms. The third-order valence-electron chi connectivity index (χ3n) is 2.72. The van der Waals surface area contributed by atoms with Crippen molar-refractivity contribution in [2.24, 2.45) is 0 Å². The summed E-state index contributed by atoms with van der Waals surface area (Å²) in [6.45, 7) is 0.699. The van der Waals surface area contributed by atoms with Crippen LogP contribution < -0.4 is 10.1 Å². The van der Waals surface area contributed by atoms with Gasteiger partial charge in [-0.2, -0.15) is 0 Å². The highest BCUT2D eigenvalue weighted by atomic mass is 35.5. The van der Waals surface area contributed by atoms with Gasteiger partial charge in [-0.3, -0.25) is 0 Å². The highest BCUT2D eigenvalue weighted by molar-refractivity contribution is 6.30. The van der Waals surface area contributed by atoms with E-state index in [9.17, 15) is 0 Å². The Hall–Kier alpha value is -1.74. The molecule has 1 aliphatic rings. The predicted molar refractivity (Wildman–Crippen MR) is 67.5 cm³/mol. The number of rotatable bonds is 1. The third kappa shape index (κ3) is 2.06. The normalized spacial score (nSPS) is 17.8. The van der Waals surface area contributed by atoms with Crippen LogP contribution in [0.3, 0.4) is 0 Å². The molecule has 0 saturated carbocycles. The second-order valence-corrected chi connectivity index (χ2v) is 4.33. The first-order valence-corrected chi connectivity index (χ1v) is 5.82. The van der Waals surface area contributed by atoms with Crippen LogP contribution in [0.25, 0.3) is 0 Å². The predicted octanol–water partition coefficient (Wildman–Crippen LogP) is 3.28. The maximum atomic E-state index is 5.98. The van der Waals surface area contributed by atoms with Gasteiger partial charge in [-0.15, -0.1) is 0 Å². The number of aromatic nitrogens is 1. The lowest BCUT2D eigenvalue weighted by Gasteiger charge is -2.26. The van der Waals surface area contributed by atoms with Gasteiger partial charge in [0.2, 0.25) is 0 Å². The Morgan fingerprint density at radius 1 is 1.29 bits per heavy atom. The number of nitrogens with zero attached hydrogens (tertiary/aromatic N) is 1. The second-order valence-electron chi connectivity index (χ2n) is 3.89. The summed E-state index contributed by atoms with van der Waals surface area (Å²) in [6, 6.07) is 11.5. The van der Waals surface area contributed by atoms with Crippen molar-refractivity contribution in [3.63, 3.8) is 0 Å². The molecular formula is C13H11ClN2O. The number of ether oxygens (including phenoxy) is 1. The molecule has 4 heteroatoms. The Morgan fingerprint density at radius 3 is 3.12 bits per heavy atom. The molecule has 0 amide bonds. The number of pyridine rings is 1. The number of fused-ring (bicyclic) bond motifs is 1. The molecule has 1 N–H and O–H groups in total. The van der Waals surface area contributed by atoms with Crippen LogP contribution in [0.4, 0.5) is 5.82 Å². The number of benzene rings is 1. The highest BCUT2D eigenvalue weighted by Gasteiger charge is 2.21. The monoisotopic (exact) mass is 246 g/mol. The van der Waals surface area contributed by atoms with Gasteiger partial charge < -0.3 is 10.1 Å². The summed E-state index contributed by atoms with van der Waals surface area (Å²) in [4.78, 5) is 4.20. The van der Waals surface area contributed by atoms with Gasteiger partial charge in [-0.1, -0.05) is 23.7 Å². The average Bonchev–Trinajstić information content (AvgIpc) is 2.38. The minimum absolute atomic E-state index is 0.0228. The molecule has 3 nitrogen and oxygen atoms in total. The minimum atomic E-state index is -0.0228. The first kappa shape index (κ1) is 10.4. The zero-order valence-electron chi connectivity index (χ0n) is 9.06. The van der Waals surface area contributed by atoms with Crippen molar-refractivity contribution in [2.45, 2.75) is 6.10 Å². The van der Waals surface area contributed by atoms with E-state index in [0.29, 0.717) is 6.54 Å². The maximum Gasteiger partial charge on any atom is 0.168 e. The Balaban J connectivity index is 1.89. The molecule has 86 valence electrons. The molecule has 1 unspecified atom stereocenters. The van der Waals surface area contributed by atoms with Crippen molar-refractivity contribution in [2.75, 3.05) is 11.9 Å². The Bertz CT molecular complexity index is 544. The van der Waals surface area contributed by atoms with E-state index < -0.39 is 0 Å². The fourth-order valence-electron chi connectivity index (χ4n) is 1.90. The van der Waals surface area contributed by atoms with E-state index >= 15 is 0 Å². The third-order valence-corrected chi connectivity index (χ3v) is 2.95. The van der Waals surface area contributed by atoms with Crippen molar-refractivity contribution < 1.29 is 4.74 Å². The molecule has 3 rings (SSSR count). The fourth-order valence-corrected chi connectivity index (χ4v) is 2.09.